The lowest BCUT2D eigenvalue weighted by molar-refractivity contribution is 0.0695. The van der Waals surface area contributed by atoms with Crippen LogP contribution in [0.4, 0.5) is 0 Å². The molecule has 1 saturated heterocycles. The van der Waals surface area contributed by atoms with Crippen LogP contribution in [0.1, 0.15) is 22.8 Å². The zero-order valence-electron chi connectivity index (χ0n) is 8.05. The molecule has 1 aromatic heterocycles. The van der Waals surface area contributed by atoms with Crippen LogP contribution in [0.25, 0.3) is 0 Å². The second-order valence-electron chi connectivity index (χ2n) is 3.49. The number of carbonyl (C=O) groups is 1. The Morgan fingerprint density at radius 1 is 1.53 bits per heavy atom. The summed E-state index contributed by atoms with van der Waals surface area (Å²) in [5.74, 6) is 0.937. The molecule has 1 aliphatic heterocycles. The Bertz CT molecular complexity index is 435. The molecule has 0 amide bonds. The van der Waals surface area contributed by atoms with E-state index >= 15 is 0 Å². The van der Waals surface area contributed by atoms with Crippen molar-refractivity contribution in [2.75, 3.05) is 11.5 Å². The summed E-state index contributed by atoms with van der Waals surface area (Å²) >= 11 is 1.79. The third-order valence-electron chi connectivity index (χ3n) is 2.48. The number of aromatic carboxylic acids is 1. The van der Waals surface area contributed by atoms with Gasteiger partial charge in [-0.2, -0.15) is 11.8 Å². The minimum absolute atomic E-state index is 0.118. The first kappa shape index (κ1) is 10.3. The van der Waals surface area contributed by atoms with Crippen LogP contribution in [0.5, 0.6) is 0 Å². The first-order valence-corrected chi connectivity index (χ1v) is 5.87. The average Bonchev–Trinajstić information content (AvgIpc) is 2.71. The molecule has 0 aliphatic carbocycles. The van der Waals surface area contributed by atoms with Gasteiger partial charge in [0.2, 0.25) is 0 Å². The summed E-state index contributed by atoms with van der Waals surface area (Å²) in [6.07, 6.45) is 2.38. The largest absolute Gasteiger partial charge is 0.478 e. The van der Waals surface area contributed by atoms with E-state index in [-0.39, 0.29) is 17.2 Å². The molecular formula is C10H11NO3S. The van der Waals surface area contributed by atoms with Crippen LogP contribution in [0, 0.1) is 0 Å². The highest BCUT2D eigenvalue weighted by molar-refractivity contribution is 7.99. The van der Waals surface area contributed by atoms with Gasteiger partial charge >= 0.3 is 5.97 Å². The summed E-state index contributed by atoms with van der Waals surface area (Å²) in [6.45, 7) is 0. The molecule has 1 N–H and O–H groups in total. The van der Waals surface area contributed by atoms with Crippen molar-refractivity contribution < 1.29 is 9.90 Å². The van der Waals surface area contributed by atoms with Crippen LogP contribution in [0.2, 0.25) is 0 Å². The lowest BCUT2D eigenvalue weighted by atomic mass is 10.2. The van der Waals surface area contributed by atoms with Gasteiger partial charge < -0.3 is 9.67 Å². The van der Waals surface area contributed by atoms with Crippen LogP contribution >= 0.6 is 11.8 Å². The maximum atomic E-state index is 11.5. The molecular weight excluding hydrogens is 214 g/mol. The molecule has 0 radical (unpaired) electrons. The van der Waals surface area contributed by atoms with Gasteiger partial charge in [0.25, 0.3) is 5.56 Å². The topological polar surface area (TPSA) is 59.3 Å². The molecule has 2 heterocycles. The Morgan fingerprint density at radius 2 is 2.33 bits per heavy atom. The van der Waals surface area contributed by atoms with Gasteiger partial charge in [-0.3, -0.25) is 4.79 Å². The molecule has 4 nitrogen and oxygen atoms in total. The van der Waals surface area contributed by atoms with Gasteiger partial charge in [-0.25, -0.2) is 4.79 Å². The highest BCUT2D eigenvalue weighted by Crippen LogP contribution is 2.26. The lowest BCUT2D eigenvalue weighted by Gasteiger charge is -2.12. The van der Waals surface area contributed by atoms with Gasteiger partial charge in [0.05, 0.1) is 5.56 Å². The zero-order valence-corrected chi connectivity index (χ0v) is 8.87. The van der Waals surface area contributed by atoms with E-state index in [4.69, 9.17) is 5.11 Å². The molecule has 1 aromatic rings. The molecule has 1 aliphatic rings. The summed E-state index contributed by atoms with van der Waals surface area (Å²) in [4.78, 5) is 22.3. The maximum absolute atomic E-state index is 11.5. The quantitative estimate of drug-likeness (QED) is 0.822. The minimum Gasteiger partial charge on any atom is -0.478 e. The van der Waals surface area contributed by atoms with Crippen molar-refractivity contribution in [3.63, 3.8) is 0 Å². The second kappa shape index (κ2) is 4.10. The van der Waals surface area contributed by atoms with Crippen molar-refractivity contribution in [1.82, 2.24) is 4.57 Å². The molecule has 15 heavy (non-hydrogen) atoms. The molecule has 5 heteroatoms. The van der Waals surface area contributed by atoms with Gasteiger partial charge in [0.1, 0.15) is 0 Å². The normalized spacial score (nSPS) is 20.4. The van der Waals surface area contributed by atoms with E-state index in [9.17, 15) is 9.59 Å². The number of pyridine rings is 1. The third-order valence-corrected chi connectivity index (χ3v) is 3.63. The fourth-order valence-corrected chi connectivity index (χ4v) is 2.86. The molecule has 1 unspecified atom stereocenters. The lowest BCUT2D eigenvalue weighted by Crippen LogP contribution is -2.24. The Morgan fingerprint density at radius 3 is 2.93 bits per heavy atom. The van der Waals surface area contributed by atoms with Crippen molar-refractivity contribution >= 4 is 17.7 Å². The highest BCUT2D eigenvalue weighted by atomic mass is 32.2. The van der Waals surface area contributed by atoms with Crippen LogP contribution in [0.15, 0.2) is 23.1 Å². The molecule has 1 fully saturated rings. The van der Waals surface area contributed by atoms with Crippen molar-refractivity contribution in [2.24, 2.45) is 0 Å². The first-order valence-electron chi connectivity index (χ1n) is 4.72. The van der Waals surface area contributed by atoms with E-state index in [1.165, 1.54) is 18.3 Å². The number of hydrogen-bond acceptors (Lipinski definition) is 3. The average molecular weight is 225 g/mol. The number of carboxylic acids is 1. The fraction of sp³-hybridized carbons (Fsp3) is 0.400. The van der Waals surface area contributed by atoms with E-state index in [0.717, 1.165) is 17.9 Å². The molecule has 0 spiro atoms. The predicted molar refractivity (Wildman–Crippen MR) is 58.6 cm³/mol. The zero-order chi connectivity index (χ0) is 10.8. The smallest absolute Gasteiger partial charge is 0.337 e. The van der Waals surface area contributed by atoms with Gasteiger partial charge in [-0.15, -0.1) is 0 Å². The number of aromatic nitrogens is 1. The van der Waals surface area contributed by atoms with Crippen molar-refractivity contribution in [1.29, 1.82) is 0 Å². The summed E-state index contributed by atoms with van der Waals surface area (Å²) in [5.41, 5.74) is 0.0546. The molecule has 0 saturated carbocycles. The number of nitrogens with zero attached hydrogens (tertiary/aromatic N) is 1. The second-order valence-corrected chi connectivity index (χ2v) is 4.64. The number of rotatable bonds is 2. The summed E-state index contributed by atoms with van der Waals surface area (Å²) < 4.78 is 1.55. The van der Waals surface area contributed by atoms with Crippen LogP contribution < -0.4 is 5.56 Å². The van der Waals surface area contributed by atoms with Crippen molar-refractivity contribution in [3.8, 4) is 0 Å². The van der Waals surface area contributed by atoms with Crippen LogP contribution in [-0.2, 0) is 0 Å². The van der Waals surface area contributed by atoms with Gasteiger partial charge in [0.15, 0.2) is 0 Å². The molecule has 0 bridgehead atoms. The molecule has 2 rings (SSSR count). The standard InChI is InChI=1S/C10H11NO3S/c12-9-2-1-7(10(13)14)5-11(9)8-3-4-15-6-8/h1-2,5,8H,3-4,6H2,(H,13,14). The van der Waals surface area contributed by atoms with E-state index in [0.29, 0.717) is 0 Å². The number of hydrogen-bond donors (Lipinski definition) is 1. The van der Waals surface area contributed by atoms with E-state index in [1.54, 1.807) is 16.3 Å². The Labute approximate surface area is 90.9 Å². The van der Waals surface area contributed by atoms with E-state index < -0.39 is 5.97 Å². The van der Waals surface area contributed by atoms with Crippen molar-refractivity contribution in [2.45, 2.75) is 12.5 Å². The number of thioether (sulfide) groups is 1. The summed E-state index contributed by atoms with van der Waals surface area (Å²) in [7, 11) is 0. The van der Waals surface area contributed by atoms with E-state index in [2.05, 4.69) is 0 Å². The van der Waals surface area contributed by atoms with Gasteiger partial charge in [-0.05, 0) is 18.2 Å². The van der Waals surface area contributed by atoms with Gasteiger partial charge in [-0.1, -0.05) is 0 Å². The van der Waals surface area contributed by atoms with E-state index in [1.807, 2.05) is 0 Å². The molecule has 80 valence electrons. The minimum atomic E-state index is -0.991. The first-order chi connectivity index (χ1) is 7.18. The Hall–Kier alpha value is -1.23. The van der Waals surface area contributed by atoms with Crippen LogP contribution in [0.3, 0.4) is 0 Å². The fourth-order valence-electron chi connectivity index (χ4n) is 1.66. The Kier molecular flexibility index (Phi) is 2.81. The summed E-state index contributed by atoms with van der Waals surface area (Å²) in [6, 6.07) is 2.83. The molecule has 1 atom stereocenters. The maximum Gasteiger partial charge on any atom is 0.337 e. The van der Waals surface area contributed by atoms with Gasteiger partial charge in [0, 0.05) is 24.1 Å². The number of carboxylic acid groups (broad SMARTS) is 1. The van der Waals surface area contributed by atoms with Crippen molar-refractivity contribution in [3.05, 3.63) is 34.2 Å². The third kappa shape index (κ3) is 2.07. The Balaban J connectivity index is 2.40. The SMILES string of the molecule is O=C(O)c1ccc(=O)n(C2CCSC2)c1. The van der Waals surface area contributed by atoms with Crippen LogP contribution in [-0.4, -0.2) is 27.1 Å². The highest BCUT2D eigenvalue weighted by Gasteiger charge is 2.19. The predicted octanol–water partition coefficient (Wildman–Crippen LogP) is 1.22. The summed E-state index contributed by atoms with van der Waals surface area (Å²) in [5, 5.41) is 8.82. The monoisotopic (exact) mass is 225 g/mol. The molecule has 0 aromatic carbocycles.